The van der Waals surface area contributed by atoms with Crippen molar-refractivity contribution in [1.29, 1.82) is 0 Å². The van der Waals surface area contributed by atoms with E-state index in [2.05, 4.69) is 72.3 Å². The van der Waals surface area contributed by atoms with Gasteiger partial charge in [0, 0.05) is 24.7 Å². The molecule has 156 valence electrons. The lowest BCUT2D eigenvalue weighted by Crippen LogP contribution is -2.46. The van der Waals surface area contributed by atoms with Gasteiger partial charge in [0.2, 0.25) is 5.89 Å². The highest BCUT2D eigenvalue weighted by molar-refractivity contribution is 14.0. The lowest BCUT2D eigenvalue weighted by molar-refractivity contribution is 0.231. The third-order valence-electron chi connectivity index (χ3n) is 4.59. The number of benzene rings is 1. The molecule has 1 aromatic heterocycles. The number of oxazole rings is 1. The predicted octanol–water partition coefficient (Wildman–Crippen LogP) is 4.05. The molecule has 0 aliphatic heterocycles. The predicted molar refractivity (Wildman–Crippen MR) is 127 cm³/mol. The minimum absolute atomic E-state index is 0. The molecule has 0 amide bonds. The van der Waals surface area contributed by atoms with Crippen LogP contribution in [0, 0.1) is 6.92 Å². The standard InChI is InChI=1S/C21H33N5O.HI/c1-6-22-21(23-13-17(5)26(7-2)8-3)24-14-19-15-27-20(25-19)18-11-9-16(4)10-12-18;/h9-12,15,17H,6-8,13-14H2,1-5H3,(H2,22,23,24);1H. The fourth-order valence-electron chi connectivity index (χ4n) is 2.93. The Hall–Kier alpha value is -1.61. The van der Waals surface area contributed by atoms with Gasteiger partial charge in [0.25, 0.3) is 0 Å². The van der Waals surface area contributed by atoms with Crippen LogP contribution in [0.2, 0.25) is 0 Å². The molecule has 0 fully saturated rings. The molecule has 7 heteroatoms. The molecule has 0 bridgehead atoms. The van der Waals surface area contributed by atoms with Crippen LogP contribution in [-0.2, 0) is 6.54 Å². The van der Waals surface area contributed by atoms with Crippen molar-refractivity contribution < 1.29 is 4.42 Å². The maximum Gasteiger partial charge on any atom is 0.226 e. The van der Waals surface area contributed by atoms with Gasteiger partial charge in [0.15, 0.2) is 5.96 Å². The van der Waals surface area contributed by atoms with Crippen molar-refractivity contribution in [2.45, 2.75) is 47.2 Å². The molecule has 1 heterocycles. The topological polar surface area (TPSA) is 65.7 Å². The van der Waals surface area contributed by atoms with Crippen LogP contribution in [0.1, 0.15) is 39.0 Å². The second-order valence-corrected chi connectivity index (χ2v) is 6.66. The van der Waals surface area contributed by atoms with Crippen LogP contribution in [-0.4, -0.2) is 48.1 Å². The fraction of sp³-hybridized carbons (Fsp3) is 0.524. The first-order valence-electron chi connectivity index (χ1n) is 9.85. The molecule has 0 aliphatic carbocycles. The third kappa shape index (κ3) is 7.43. The molecule has 1 aromatic carbocycles. The lowest BCUT2D eigenvalue weighted by Gasteiger charge is -2.27. The van der Waals surface area contributed by atoms with Gasteiger partial charge < -0.3 is 15.1 Å². The highest BCUT2D eigenvalue weighted by atomic mass is 127. The highest BCUT2D eigenvalue weighted by Crippen LogP contribution is 2.19. The summed E-state index contributed by atoms with van der Waals surface area (Å²) in [7, 11) is 0. The normalized spacial score (nSPS) is 12.6. The van der Waals surface area contributed by atoms with Gasteiger partial charge in [0.1, 0.15) is 12.0 Å². The first-order chi connectivity index (χ1) is 13.1. The zero-order chi connectivity index (χ0) is 19.6. The van der Waals surface area contributed by atoms with Crippen molar-refractivity contribution in [3.05, 3.63) is 41.8 Å². The number of likely N-dealkylation sites (N-methyl/N-ethyl adjacent to an activating group) is 1. The van der Waals surface area contributed by atoms with E-state index < -0.39 is 0 Å². The van der Waals surface area contributed by atoms with Gasteiger partial charge in [-0.05, 0) is 46.0 Å². The van der Waals surface area contributed by atoms with E-state index in [4.69, 9.17) is 4.42 Å². The summed E-state index contributed by atoms with van der Waals surface area (Å²) in [4.78, 5) is 11.6. The minimum atomic E-state index is 0. The molecule has 2 aromatic rings. The summed E-state index contributed by atoms with van der Waals surface area (Å²) in [5, 5.41) is 6.71. The summed E-state index contributed by atoms with van der Waals surface area (Å²) in [5.74, 6) is 1.43. The van der Waals surface area contributed by atoms with Crippen LogP contribution in [0.5, 0.6) is 0 Å². The van der Waals surface area contributed by atoms with Crippen molar-refractivity contribution in [2.75, 3.05) is 26.2 Å². The fourth-order valence-corrected chi connectivity index (χ4v) is 2.93. The zero-order valence-corrected chi connectivity index (χ0v) is 20.0. The van der Waals surface area contributed by atoms with Crippen molar-refractivity contribution >= 4 is 29.9 Å². The van der Waals surface area contributed by atoms with Crippen LogP contribution in [0.25, 0.3) is 11.5 Å². The number of nitrogens with one attached hydrogen (secondary N) is 2. The van der Waals surface area contributed by atoms with E-state index in [9.17, 15) is 0 Å². The zero-order valence-electron chi connectivity index (χ0n) is 17.7. The molecule has 2 N–H and O–H groups in total. The number of nitrogens with zero attached hydrogens (tertiary/aromatic N) is 3. The second-order valence-electron chi connectivity index (χ2n) is 6.66. The first kappa shape index (κ1) is 24.4. The number of guanidine groups is 1. The molecule has 1 unspecified atom stereocenters. The van der Waals surface area contributed by atoms with Crippen LogP contribution < -0.4 is 10.6 Å². The Kier molecular flexibility index (Phi) is 11.1. The van der Waals surface area contributed by atoms with Gasteiger partial charge in [0.05, 0.1) is 6.54 Å². The number of aryl methyl sites for hydroxylation is 1. The molecule has 1 atom stereocenters. The van der Waals surface area contributed by atoms with Crippen molar-refractivity contribution in [3.8, 4) is 11.5 Å². The van der Waals surface area contributed by atoms with Crippen molar-refractivity contribution in [1.82, 2.24) is 20.5 Å². The van der Waals surface area contributed by atoms with Crippen LogP contribution in [0.15, 0.2) is 39.9 Å². The van der Waals surface area contributed by atoms with Crippen LogP contribution >= 0.6 is 24.0 Å². The molecule has 6 nitrogen and oxygen atoms in total. The molecule has 2 rings (SSSR count). The quantitative estimate of drug-likeness (QED) is 0.310. The van der Waals surface area contributed by atoms with Crippen molar-refractivity contribution in [2.24, 2.45) is 4.99 Å². The van der Waals surface area contributed by atoms with Gasteiger partial charge >= 0.3 is 0 Å². The van der Waals surface area contributed by atoms with E-state index in [1.165, 1.54) is 5.56 Å². The Morgan fingerprint density at radius 2 is 1.82 bits per heavy atom. The Morgan fingerprint density at radius 1 is 1.14 bits per heavy atom. The van der Waals surface area contributed by atoms with E-state index >= 15 is 0 Å². The summed E-state index contributed by atoms with van der Waals surface area (Å²) in [6, 6.07) is 8.61. The average Bonchev–Trinajstić information content (AvgIpc) is 3.14. The monoisotopic (exact) mass is 499 g/mol. The van der Waals surface area contributed by atoms with Gasteiger partial charge in [-0.3, -0.25) is 4.90 Å². The number of aromatic nitrogens is 1. The maximum atomic E-state index is 5.61. The molecular weight excluding hydrogens is 465 g/mol. The summed E-state index contributed by atoms with van der Waals surface area (Å²) in [6.45, 7) is 15.0. The number of halogens is 1. The van der Waals surface area contributed by atoms with Gasteiger partial charge in [-0.15, -0.1) is 24.0 Å². The molecule has 28 heavy (non-hydrogen) atoms. The number of hydrogen-bond donors (Lipinski definition) is 2. The van der Waals surface area contributed by atoms with Gasteiger partial charge in [-0.1, -0.05) is 31.5 Å². The van der Waals surface area contributed by atoms with Crippen LogP contribution in [0.4, 0.5) is 0 Å². The largest absolute Gasteiger partial charge is 0.444 e. The van der Waals surface area contributed by atoms with Crippen molar-refractivity contribution in [3.63, 3.8) is 0 Å². The van der Waals surface area contributed by atoms with E-state index in [-0.39, 0.29) is 24.0 Å². The average molecular weight is 499 g/mol. The Morgan fingerprint density at radius 3 is 2.43 bits per heavy atom. The van der Waals surface area contributed by atoms with E-state index in [1.807, 2.05) is 12.1 Å². The summed E-state index contributed by atoms with van der Waals surface area (Å²) < 4.78 is 5.61. The number of aliphatic imine (C=N–C) groups is 1. The molecule has 0 saturated heterocycles. The summed E-state index contributed by atoms with van der Waals surface area (Å²) in [6.07, 6.45) is 1.68. The SMILES string of the molecule is CCNC(=NCc1coc(-c2ccc(C)cc2)n1)NCC(C)N(CC)CC.I. The summed E-state index contributed by atoms with van der Waals surface area (Å²) in [5.41, 5.74) is 3.02. The highest BCUT2D eigenvalue weighted by Gasteiger charge is 2.11. The number of rotatable bonds is 9. The van der Waals surface area contributed by atoms with Gasteiger partial charge in [-0.25, -0.2) is 9.98 Å². The van der Waals surface area contributed by atoms with E-state index in [0.717, 1.165) is 43.4 Å². The van der Waals surface area contributed by atoms with Crippen LogP contribution in [0.3, 0.4) is 0 Å². The van der Waals surface area contributed by atoms with E-state index in [1.54, 1.807) is 6.26 Å². The Balaban J connectivity index is 0.00000392. The minimum Gasteiger partial charge on any atom is -0.444 e. The third-order valence-corrected chi connectivity index (χ3v) is 4.59. The molecule has 0 saturated carbocycles. The smallest absolute Gasteiger partial charge is 0.226 e. The Labute approximate surface area is 186 Å². The maximum absolute atomic E-state index is 5.61. The van der Waals surface area contributed by atoms with E-state index in [0.29, 0.717) is 18.5 Å². The first-order valence-corrected chi connectivity index (χ1v) is 9.85. The second kappa shape index (κ2) is 12.8. The number of hydrogen-bond acceptors (Lipinski definition) is 4. The molecular formula is C21H34IN5O. The van der Waals surface area contributed by atoms with Gasteiger partial charge in [-0.2, -0.15) is 0 Å². The lowest BCUT2D eigenvalue weighted by atomic mass is 10.1. The molecule has 0 aliphatic rings. The summed E-state index contributed by atoms with van der Waals surface area (Å²) >= 11 is 0. The Bertz CT molecular complexity index is 710. The molecule has 0 radical (unpaired) electrons. The molecule has 0 spiro atoms.